The Labute approximate surface area is 366 Å². The molecule has 1 saturated heterocycles. The molecule has 0 spiro atoms. The first-order valence-electron chi connectivity index (χ1n) is 20.5. The number of rotatable bonds is 18. The summed E-state index contributed by atoms with van der Waals surface area (Å²) in [5.74, 6) is -1.61. The van der Waals surface area contributed by atoms with Gasteiger partial charge in [-0.05, 0) is 61.1 Å². The summed E-state index contributed by atoms with van der Waals surface area (Å²) in [4.78, 5) is 90.4. The van der Waals surface area contributed by atoms with Crippen LogP contribution in [0.4, 0.5) is 0 Å². The second-order valence-corrected chi connectivity index (χ2v) is 16.6. The van der Waals surface area contributed by atoms with Crippen molar-refractivity contribution in [3.8, 4) is 10.8 Å². The standard InChI is InChI=1S/C43H47ClN8O9S/c1-24-35-37(27-14-16-28(44)17-15-27)47-22-34-50(25(2)49-52(34)61-26(3)59-4)43(35)62-38(24)40(56)46-21-10-8-6-5-7-9-20-45-33(54)23-60-31-13-11-12-29-36(31)42(58)51(41(29)57)30-18-19-32(53)48-39(30)55/h11-17,26,30H,5-10,18-23H2,1-4H3,(H2-,45,46,48,53,54,55,56)/p+1. The highest BCUT2D eigenvalue weighted by Gasteiger charge is 2.46. The normalized spacial score (nSPS) is 16.2. The number of carbonyl (C=O) groups excluding carboxylic acids is 6. The van der Waals surface area contributed by atoms with E-state index in [0.717, 1.165) is 70.8 Å². The van der Waals surface area contributed by atoms with Gasteiger partial charge in [0.2, 0.25) is 23.9 Å². The molecule has 0 bridgehead atoms. The Bertz CT molecular complexity index is 2450. The van der Waals surface area contributed by atoms with Crippen molar-refractivity contribution >= 4 is 64.1 Å². The van der Waals surface area contributed by atoms with Crippen LogP contribution in [0, 0.1) is 13.8 Å². The van der Waals surface area contributed by atoms with Crippen molar-refractivity contribution < 1.29 is 47.9 Å². The molecule has 7 rings (SSSR count). The topological polar surface area (TPSA) is 204 Å². The van der Waals surface area contributed by atoms with Gasteiger partial charge in [-0.1, -0.05) is 66.8 Å². The van der Waals surface area contributed by atoms with Gasteiger partial charge in [0.15, 0.2) is 11.6 Å². The number of aliphatic imine (C=N–C) groups is 1. The molecule has 6 amide bonds. The zero-order valence-electron chi connectivity index (χ0n) is 34.9. The van der Waals surface area contributed by atoms with Crippen molar-refractivity contribution in [2.45, 2.75) is 91.0 Å². The number of piperidine rings is 1. The molecule has 5 heterocycles. The Morgan fingerprint density at radius 3 is 2.39 bits per heavy atom. The number of hydrogen-bond acceptors (Lipinski definition) is 12. The summed E-state index contributed by atoms with van der Waals surface area (Å²) in [5, 5.41) is 14.1. The summed E-state index contributed by atoms with van der Waals surface area (Å²) in [5.41, 5.74) is 3.37. The minimum atomic E-state index is -1.10. The van der Waals surface area contributed by atoms with Gasteiger partial charge in [0.25, 0.3) is 23.6 Å². The minimum Gasteiger partial charge on any atom is -0.483 e. The summed E-state index contributed by atoms with van der Waals surface area (Å²) in [6.07, 6.45) is 4.82. The van der Waals surface area contributed by atoms with Crippen LogP contribution in [0.3, 0.4) is 0 Å². The fourth-order valence-corrected chi connectivity index (χ4v) is 9.08. The number of unbranched alkanes of at least 4 members (excludes halogenated alkanes) is 5. The highest BCUT2D eigenvalue weighted by Crippen LogP contribution is 2.37. The minimum absolute atomic E-state index is 0.00882. The number of carbonyl (C=O) groups is 6. The van der Waals surface area contributed by atoms with Crippen LogP contribution in [-0.4, -0.2) is 94.9 Å². The molecule has 2 aromatic carbocycles. The van der Waals surface area contributed by atoms with Gasteiger partial charge < -0.3 is 20.1 Å². The van der Waals surface area contributed by atoms with E-state index < -0.39 is 36.0 Å². The number of aromatic nitrogens is 3. The van der Waals surface area contributed by atoms with Crippen molar-refractivity contribution in [1.82, 2.24) is 30.5 Å². The van der Waals surface area contributed by atoms with Gasteiger partial charge in [0, 0.05) is 51.1 Å². The van der Waals surface area contributed by atoms with E-state index in [-0.39, 0.29) is 54.7 Å². The molecule has 0 radical (unpaired) electrons. The maximum absolute atomic E-state index is 13.7. The number of amides is 6. The number of imide groups is 2. The molecule has 3 N–H and O–H groups in total. The lowest BCUT2D eigenvalue weighted by Gasteiger charge is -2.27. The SMILES string of the molecule is COC(C)O[n+]1nc(C)n2c1CN=C(c1ccc(Cl)cc1)c1c-2sc(C(=O)NCCCCCCCCNC(=O)COc2cccc3c2C(=O)N(C2CCC(=O)NC2=O)C3=O)c1C. The van der Waals surface area contributed by atoms with Crippen molar-refractivity contribution in [3.05, 3.63) is 91.8 Å². The smallest absolute Gasteiger partial charge is 0.350 e. The monoisotopic (exact) mass is 887 g/mol. The average Bonchev–Trinajstić information content (AvgIpc) is 3.79. The molecule has 0 saturated carbocycles. The lowest BCUT2D eigenvalue weighted by atomic mass is 9.99. The third-order valence-corrected chi connectivity index (χ3v) is 12.4. The summed E-state index contributed by atoms with van der Waals surface area (Å²) < 4.78 is 13.0. The number of thiophene rings is 1. The molecular weight excluding hydrogens is 840 g/mol. The Morgan fingerprint density at radius 2 is 1.68 bits per heavy atom. The van der Waals surface area contributed by atoms with E-state index in [0.29, 0.717) is 34.6 Å². The van der Waals surface area contributed by atoms with Crippen LogP contribution < -0.4 is 30.4 Å². The summed E-state index contributed by atoms with van der Waals surface area (Å²) in [6, 6.07) is 10.9. The Kier molecular flexibility index (Phi) is 13.8. The second-order valence-electron chi connectivity index (χ2n) is 15.1. The first-order chi connectivity index (χ1) is 29.9. The van der Waals surface area contributed by atoms with E-state index in [4.69, 9.17) is 30.9 Å². The van der Waals surface area contributed by atoms with Gasteiger partial charge in [0.1, 0.15) is 18.3 Å². The maximum Gasteiger partial charge on any atom is 0.350 e. The van der Waals surface area contributed by atoms with E-state index in [1.807, 2.05) is 42.7 Å². The van der Waals surface area contributed by atoms with Crippen molar-refractivity contribution in [1.29, 1.82) is 0 Å². The van der Waals surface area contributed by atoms with E-state index in [1.165, 1.54) is 28.3 Å². The molecule has 3 aliphatic rings. The lowest BCUT2D eigenvalue weighted by Crippen LogP contribution is -2.54. The van der Waals surface area contributed by atoms with Crippen LogP contribution in [0.1, 0.15) is 117 Å². The largest absolute Gasteiger partial charge is 0.483 e. The van der Waals surface area contributed by atoms with E-state index in [2.05, 4.69) is 21.0 Å². The quantitative estimate of drug-likeness (QED) is 0.0569. The van der Waals surface area contributed by atoms with Crippen molar-refractivity contribution in [2.24, 2.45) is 4.99 Å². The predicted octanol–water partition coefficient (Wildman–Crippen LogP) is 3.93. The van der Waals surface area contributed by atoms with Gasteiger partial charge in [-0.15, -0.1) is 0 Å². The molecule has 326 valence electrons. The Hall–Kier alpha value is -5.98. The summed E-state index contributed by atoms with van der Waals surface area (Å²) in [6.45, 7) is 6.49. The molecule has 2 atom stereocenters. The van der Waals surface area contributed by atoms with Gasteiger partial charge in [-0.25, -0.2) is 0 Å². The second kappa shape index (κ2) is 19.4. The van der Waals surface area contributed by atoms with Gasteiger partial charge in [-0.3, -0.25) is 48.8 Å². The molecule has 4 aromatic rings. The molecule has 1 fully saturated rings. The van der Waals surface area contributed by atoms with Crippen molar-refractivity contribution in [3.63, 3.8) is 0 Å². The Balaban J connectivity index is 0.848. The molecule has 2 aromatic heterocycles. The molecule has 3 aliphatic heterocycles. The highest BCUT2D eigenvalue weighted by atomic mass is 35.5. The molecule has 0 aliphatic carbocycles. The first-order valence-corrected chi connectivity index (χ1v) is 21.7. The first kappa shape index (κ1) is 44.1. The Morgan fingerprint density at radius 1 is 0.968 bits per heavy atom. The van der Waals surface area contributed by atoms with Gasteiger partial charge in [-0.2, -0.15) is 4.57 Å². The fraction of sp³-hybridized carbons (Fsp3) is 0.419. The molecule has 2 unspecified atom stereocenters. The zero-order chi connectivity index (χ0) is 44.1. The van der Waals surface area contributed by atoms with Crippen molar-refractivity contribution in [2.75, 3.05) is 26.8 Å². The number of nitrogens with one attached hydrogen (secondary N) is 3. The number of fused-ring (bicyclic) bond motifs is 4. The number of methoxy groups -OCH3 is 1. The number of aryl methyl sites for hydroxylation is 1. The van der Waals surface area contributed by atoms with Gasteiger partial charge in [0.05, 0.1) is 32.1 Å². The van der Waals surface area contributed by atoms with Gasteiger partial charge >= 0.3 is 5.82 Å². The van der Waals surface area contributed by atoms with E-state index in [9.17, 15) is 28.8 Å². The molecule has 62 heavy (non-hydrogen) atoms. The predicted molar refractivity (Wildman–Crippen MR) is 227 cm³/mol. The fourth-order valence-electron chi connectivity index (χ4n) is 7.66. The lowest BCUT2D eigenvalue weighted by molar-refractivity contribution is -0.950. The van der Waals surface area contributed by atoms with Crippen LogP contribution in [0.15, 0.2) is 47.5 Å². The highest BCUT2D eigenvalue weighted by molar-refractivity contribution is 7.17. The van der Waals surface area contributed by atoms with Crippen LogP contribution in [0.2, 0.25) is 5.02 Å². The molecule has 17 nitrogen and oxygen atoms in total. The summed E-state index contributed by atoms with van der Waals surface area (Å²) >= 11 is 7.62. The number of hydrogen-bond donors (Lipinski definition) is 3. The molecule has 19 heteroatoms. The maximum atomic E-state index is 13.7. The third-order valence-electron chi connectivity index (χ3n) is 10.9. The van der Waals surface area contributed by atoms with Crippen LogP contribution >= 0.6 is 22.9 Å². The van der Waals surface area contributed by atoms with E-state index in [1.54, 1.807) is 20.1 Å². The van der Waals surface area contributed by atoms with E-state index >= 15 is 0 Å². The third kappa shape index (κ3) is 9.27. The van der Waals surface area contributed by atoms with Crippen LogP contribution in [0.5, 0.6) is 5.75 Å². The number of ether oxygens (including phenoxy) is 2. The zero-order valence-corrected chi connectivity index (χ0v) is 36.5. The van der Waals surface area contributed by atoms with Crippen LogP contribution in [-0.2, 0) is 25.7 Å². The number of nitrogens with zero attached hydrogens (tertiary/aromatic N) is 5. The number of halogens is 1. The average molecular weight is 888 g/mol. The molecular formula is C43H48ClN8O9S+. The number of benzene rings is 2. The summed E-state index contributed by atoms with van der Waals surface area (Å²) in [7, 11) is 1.56. The van der Waals surface area contributed by atoms with Crippen LogP contribution in [0.25, 0.3) is 5.00 Å².